The fraction of sp³-hybridized carbons (Fsp3) is 0.852. The molecule has 1 heterocycles. The van der Waals surface area contributed by atoms with Gasteiger partial charge in [-0.05, 0) is 72.5 Å². The van der Waals surface area contributed by atoms with Gasteiger partial charge in [0.25, 0.3) is 0 Å². The van der Waals surface area contributed by atoms with Gasteiger partial charge in [0.05, 0.1) is 5.92 Å². The topological polar surface area (TPSA) is 72.8 Å². The van der Waals surface area contributed by atoms with Gasteiger partial charge in [0.2, 0.25) is 6.29 Å². The molecule has 0 unspecified atom stereocenters. The molecule has 1 N–H and O–H groups in total. The molecule has 9 atom stereocenters. The van der Waals surface area contributed by atoms with Crippen LogP contribution in [-0.4, -0.2) is 29.4 Å². The molecule has 0 aromatic rings. The zero-order chi connectivity index (χ0) is 23.3. The summed E-state index contributed by atoms with van der Waals surface area (Å²) in [5.41, 5.74) is 0.651. The van der Waals surface area contributed by atoms with Gasteiger partial charge in [-0.3, -0.25) is 4.79 Å². The SMILES string of the molecule is CC(=O)O[C@H]1C[C@@H]2[C@@]3(C)CCCC(C)(C)[C@H]3CC[C@@]2(C)[C@@H]2CC=C3C(=O)O[C@@H](O)[C@H]3[C@@]12C. The summed E-state index contributed by atoms with van der Waals surface area (Å²) in [6, 6.07) is 0. The fourth-order valence-corrected chi connectivity index (χ4v) is 9.98. The van der Waals surface area contributed by atoms with Crippen LogP contribution in [0.2, 0.25) is 0 Å². The van der Waals surface area contributed by atoms with E-state index in [9.17, 15) is 14.7 Å². The number of carbonyl (C=O) groups excluding carboxylic acids is 2. The molecule has 0 amide bonds. The molecular formula is C27H40O5. The van der Waals surface area contributed by atoms with Crippen molar-refractivity contribution in [1.29, 1.82) is 0 Å². The predicted molar refractivity (Wildman–Crippen MR) is 120 cm³/mol. The van der Waals surface area contributed by atoms with E-state index in [1.807, 2.05) is 6.08 Å². The number of carbonyl (C=O) groups is 2. The highest BCUT2D eigenvalue weighted by Gasteiger charge is 2.71. The zero-order valence-electron chi connectivity index (χ0n) is 20.6. The zero-order valence-corrected chi connectivity index (χ0v) is 20.6. The molecule has 3 saturated carbocycles. The second-order valence-electron chi connectivity index (χ2n) is 12.9. The highest BCUT2D eigenvalue weighted by molar-refractivity contribution is 5.91. The first-order chi connectivity index (χ1) is 14.9. The Kier molecular flexibility index (Phi) is 4.79. The van der Waals surface area contributed by atoms with Gasteiger partial charge < -0.3 is 14.6 Å². The lowest BCUT2D eigenvalue weighted by Crippen LogP contribution is -2.67. The lowest BCUT2D eigenvalue weighted by atomic mass is 9.34. The van der Waals surface area contributed by atoms with E-state index < -0.39 is 23.6 Å². The second kappa shape index (κ2) is 6.84. The number of rotatable bonds is 1. The third-order valence-electron chi connectivity index (χ3n) is 11.2. The van der Waals surface area contributed by atoms with Crippen molar-refractivity contribution in [3.05, 3.63) is 11.6 Å². The molecule has 178 valence electrons. The number of ether oxygens (including phenoxy) is 2. The van der Waals surface area contributed by atoms with Gasteiger partial charge in [-0.1, -0.05) is 47.1 Å². The number of hydrogen-bond acceptors (Lipinski definition) is 5. The van der Waals surface area contributed by atoms with Gasteiger partial charge in [-0.25, -0.2) is 4.79 Å². The molecule has 1 saturated heterocycles. The van der Waals surface area contributed by atoms with Gasteiger partial charge in [-0.2, -0.15) is 0 Å². The molecule has 5 aliphatic rings. The van der Waals surface area contributed by atoms with E-state index in [2.05, 4.69) is 34.6 Å². The molecule has 0 bridgehead atoms. The van der Waals surface area contributed by atoms with E-state index in [1.165, 1.54) is 32.6 Å². The van der Waals surface area contributed by atoms with Gasteiger partial charge in [0, 0.05) is 17.9 Å². The van der Waals surface area contributed by atoms with Gasteiger partial charge in [0.1, 0.15) is 6.10 Å². The number of aliphatic hydroxyl groups excluding tert-OH is 1. The minimum atomic E-state index is -1.17. The Morgan fingerprint density at radius 3 is 2.44 bits per heavy atom. The molecule has 0 radical (unpaired) electrons. The van der Waals surface area contributed by atoms with Crippen molar-refractivity contribution in [2.45, 2.75) is 98.9 Å². The Morgan fingerprint density at radius 2 is 1.75 bits per heavy atom. The van der Waals surface area contributed by atoms with E-state index >= 15 is 0 Å². The molecule has 0 aromatic carbocycles. The minimum absolute atomic E-state index is 0.0669. The fourth-order valence-electron chi connectivity index (χ4n) is 9.98. The molecule has 5 nitrogen and oxygen atoms in total. The van der Waals surface area contributed by atoms with E-state index in [0.29, 0.717) is 22.8 Å². The van der Waals surface area contributed by atoms with Crippen LogP contribution in [0.3, 0.4) is 0 Å². The highest BCUT2D eigenvalue weighted by Crippen LogP contribution is 2.73. The number of esters is 2. The monoisotopic (exact) mass is 444 g/mol. The number of allylic oxidation sites excluding steroid dienone is 1. The Bertz CT molecular complexity index is 875. The Balaban J connectivity index is 1.64. The largest absolute Gasteiger partial charge is 0.462 e. The van der Waals surface area contributed by atoms with Crippen LogP contribution < -0.4 is 0 Å². The van der Waals surface area contributed by atoms with E-state index in [4.69, 9.17) is 9.47 Å². The van der Waals surface area contributed by atoms with Crippen molar-refractivity contribution < 1.29 is 24.2 Å². The highest BCUT2D eigenvalue weighted by atomic mass is 16.6. The molecule has 5 heteroatoms. The van der Waals surface area contributed by atoms with Crippen molar-refractivity contribution in [2.24, 2.45) is 45.3 Å². The summed E-state index contributed by atoms with van der Waals surface area (Å²) in [4.78, 5) is 24.8. The van der Waals surface area contributed by atoms with Gasteiger partial charge in [0.15, 0.2) is 0 Å². The predicted octanol–water partition coefficient (Wildman–Crippen LogP) is 5.01. The van der Waals surface area contributed by atoms with E-state index in [1.54, 1.807) is 0 Å². The summed E-state index contributed by atoms with van der Waals surface area (Å²) in [5, 5.41) is 10.8. The molecule has 32 heavy (non-hydrogen) atoms. The summed E-state index contributed by atoms with van der Waals surface area (Å²) in [6.45, 7) is 13.5. The first-order valence-electron chi connectivity index (χ1n) is 12.6. The van der Waals surface area contributed by atoms with Crippen LogP contribution in [0, 0.1) is 45.3 Å². The van der Waals surface area contributed by atoms with Crippen LogP contribution in [0.5, 0.6) is 0 Å². The molecule has 0 aromatic heterocycles. The molecule has 1 aliphatic heterocycles. The summed E-state index contributed by atoms with van der Waals surface area (Å²) in [7, 11) is 0. The first-order valence-corrected chi connectivity index (χ1v) is 12.6. The first kappa shape index (κ1) is 22.4. The average molecular weight is 445 g/mol. The normalized spacial score (nSPS) is 51.3. The molecule has 5 rings (SSSR count). The number of aliphatic hydroxyl groups is 1. The standard InChI is InChI=1S/C27H40O5/c1-15(28)31-20-14-19-25(4)12-7-11-24(2,3)17(25)10-13-26(19,5)18-9-8-16-21(27(18,20)6)23(30)32-22(16)29/h8,17-21,23,30H,7,9-14H2,1-6H3/t17-,18+,19-,20+,21+,23-,25+,26+,27-/m1/s1. The van der Waals surface area contributed by atoms with Crippen molar-refractivity contribution in [1.82, 2.24) is 0 Å². The molecule has 0 spiro atoms. The smallest absolute Gasteiger partial charge is 0.336 e. The van der Waals surface area contributed by atoms with Crippen molar-refractivity contribution in [3.63, 3.8) is 0 Å². The van der Waals surface area contributed by atoms with Crippen LogP contribution >= 0.6 is 0 Å². The van der Waals surface area contributed by atoms with Crippen molar-refractivity contribution >= 4 is 11.9 Å². The van der Waals surface area contributed by atoms with E-state index in [-0.39, 0.29) is 28.8 Å². The van der Waals surface area contributed by atoms with Gasteiger partial charge >= 0.3 is 11.9 Å². The van der Waals surface area contributed by atoms with Crippen molar-refractivity contribution in [3.8, 4) is 0 Å². The van der Waals surface area contributed by atoms with Crippen LogP contribution in [0.1, 0.15) is 86.5 Å². The lowest BCUT2D eigenvalue weighted by molar-refractivity contribution is -0.252. The summed E-state index contributed by atoms with van der Waals surface area (Å²) in [5.74, 6) is 0.196. The third kappa shape index (κ3) is 2.72. The summed E-state index contributed by atoms with van der Waals surface area (Å²) in [6.07, 6.45) is 8.23. The minimum Gasteiger partial charge on any atom is -0.462 e. The Labute approximate surface area is 192 Å². The Hall–Kier alpha value is -1.36. The number of fused-ring (bicyclic) bond motifs is 7. The third-order valence-corrected chi connectivity index (χ3v) is 11.2. The molecule has 4 fully saturated rings. The maximum absolute atomic E-state index is 12.5. The van der Waals surface area contributed by atoms with Crippen LogP contribution in [-0.2, 0) is 19.1 Å². The van der Waals surface area contributed by atoms with Gasteiger partial charge in [-0.15, -0.1) is 0 Å². The van der Waals surface area contributed by atoms with E-state index in [0.717, 1.165) is 19.3 Å². The van der Waals surface area contributed by atoms with Crippen LogP contribution in [0.25, 0.3) is 0 Å². The molecular weight excluding hydrogens is 404 g/mol. The Morgan fingerprint density at radius 1 is 1.06 bits per heavy atom. The quantitative estimate of drug-likeness (QED) is 0.575. The summed E-state index contributed by atoms with van der Waals surface area (Å²) < 4.78 is 11.4. The maximum Gasteiger partial charge on any atom is 0.336 e. The second-order valence-corrected chi connectivity index (χ2v) is 12.9. The average Bonchev–Trinajstić information content (AvgIpc) is 2.97. The number of hydrogen-bond donors (Lipinski definition) is 1. The van der Waals surface area contributed by atoms with Crippen LogP contribution in [0.15, 0.2) is 11.6 Å². The lowest BCUT2D eigenvalue weighted by Gasteiger charge is -2.70. The van der Waals surface area contributed by atoms with Crippen molar-refractivity contribution in [2.75, 3.05) is 0 Å². The molecule has 4 aliphatic carbocycles. The number of cyclic esters (lactones) is 1. The summed E-state index contributed by atoms with van der Waals surface area (Å²) >= 11 is 0. The maximum atomic E-state index is 12.5. The van der Waals surface area contributed by atoms with Crippen LogP contribution in [0.4, 0.5) is 0 Å².